The lowest BCUT2D eigenvalue weighted by atomic mass is 9.98. The lowest BCUT2D eigenvalue weighted by molar-refractivity contribution is -0.137. The second-order valence-electron chi connectivity index (χ2n) is 10.3. The number of carbonyl (C=O) groups is 1. The van der Waals surface area contributed by atoms with Crippen LogP contribution in [-0.4, -0.2) is 63.2 Å². The molecule has 0 spiro atoms. The number of aliphatic carboxylic acids is 1. The van der Waals surface area contributed by atoms with Crippen LogP contribution >= 0.6 is 0 Å². The molecular formula is C30H41FN2O5. The lowest BCUT2D eigenvalue weighted by Gasteiger charge is -2.34. The minimum Gasteiger partial charge on any atom is -0.494 e. The number of benzene rings is 2. The molecule has 2 fully saturated rings. The number of rotatable bonds is 13. The van der Waals surface area contributed by atoms with E-state index < -0.39 is 5.97 Å². The zero-order valence-corrected chi connectivity index (χ0v) is 22.6. The van der Waals surface area contributed by atoms with Crippen LogP contribution in [0.25, 0.3) is 0 Å². The average molecular weight is 529 g/mol. The van der Waals surface area contributed by atoms with Crippen molar-refractivity contribution in [3.8, 4) is 11.5 Å². The van der Waals surface area contributed by atoms with E-state index in [0.717, 1.165) is 63.1 Å². The van der Waals surface area contributed by atoms with Crippen molar-refractivity contribution in [3.63, 3.8) is 0 Å². The number of halogens is 1. The summed E-state index contributed by atoms with van der Waals surface area (Å²) in [7, 11) is 1.72. The molecule has 2 saturated heterocycles. The van der Waals surface area contributed by atoms with Gasteiger partial charge in [-0.15, -0.1) is 0 Å². The molecule has 208 valence electrons. The zero-order chi connectivity index (χ0) is 26.9. The molecule has 1 N–H and O–H groups in total. The first-order chi connectivity index (χ1) is 18.5. The van der Waals surface area contributed by atoms with Gasteiger partial charge >= 0.3 is 5.97 Å². The molecular weight excluding hydrogens is 487 g/mol. The van der Waals surface area contributed by atoms with Gasteiger partial charge < -0.3 is 29.1 Å². The van der Waals surface area contributed by atoms with Crippen LogP contribution in [0.15, 0.2) is 42.5 Å². The van der Waals surface area contributed by atoms with Gasteiger partial charge in [-0.3, -0.25) is 4.79 Å². The zero-order valence-electron chi connectivity index (χ0n) is 22.6. The Labute approximate surface area is 225 Å². The number of anilines is 2. The summed E-state index contributed by atoms with van der Waals surface area (Å²) in [6.07, 6.45) is 5.96. The number of methoxy groups -OCH3 is 1. The maximum absolute atomic E-state index is 14.4. The summed E-state index contributed by atoms with van der Waals surface area (Å²) in [5.74, 6) is 1.00. The van der Waals surface area contributed by atoms with Crippen LogP contribution in [-0.2, 0) is 9.53 Å². The predicted octanol–water partition coefficient (Wildman–Crippen LogP) is 5.76. The van der Waals surface area contributed by atoms with Crippen LogP contribution in [0.3, 0.4) is 0 Å². The number of carboxylic acids is 1. The van der Waals surface area contributed by atoms with Crippen molar-refractivity contribution in [2.75, 3.05) is 49.8 Å². The first-order valence-electron chi connectivity index (χ1n) is 13.9. The van der Waals surface area contributed by atoms with Gasteiger partial charge in [-0.2, -0.15) is 0 Å². The summed E-state index contributed by atoms with van der Waals surface area (Å²) in [4.78, 5) is 15.8. The minimum absolute atomic E-state index is 0.0117. The van der Waals surface area contributed by atoms with Gasteiger partial charge in [-0.1, -0.05) is 6.42 Å². The van der Waals surface area contributed by atoms with E-state index >= 15 is 0 Å². The van der Waals surface area contributed by atoms with Gasteiger partial charge in [0.25, 0.3) is 0 Å². The number of nitrogens with zero attached hydrogens (tertiary/aromatic N) is 2. The van der Waals surface area contributed by atoms with E-state index in [4.69, 9.17) is 14.2 Å². The molecule has 2 aromatic rings. The standard InChI is InChI=1S/C30H41FN2O5/c1-3-37-27-11-12-28(31)29(20-27)32-15-13-26(14-16-32)38-25-9-7-23(8-10-25)33-21-22(6-4-5-17-36-2)18-24(33)19-30(34)35/h7-12,20,22,24,26H,3-6,13-19,21H2,1-2H3,(H,34,35)/t22?,24-/m1/s1. The average Bonchev–Trinajstić information content (AvgIpc) is 3.30. The third-order valence-electron chi connectivity index (χ3n) is 7.60. The number of unbranched alkanes of at least 4 members (excludes halogenated alkanes) is 1. The SMILES string of the molecule is CCOc1ccc(F)c(N2CCC(Oc3ccc(N4CC(CCCCOC)C[C@@H]4CC(=O)O)cc3)CC2)c1. The molecule has 2 aliphatic rings. The fourth-order valence-electron chi connectivity index (χ4n) is 5.73. The van der Waals surface area contributed by atoms with Crippen LogP contribution < -0.4 is 19.3 Å². The number of hydrogen-bond acceptors (Lipinski definition) is 6. The van der Waals surface area contributed by atoms with Crippen LogP contribution in [0.2, 0.25) is 0 Å². The Bertz CT molecular complexity index is 1030. The summed E-state index contributed by atoms with van der Waals surface area (Å²) in [5.41, 5.74) is 1.62. The molecule has 8 heteroatoms. The Kier molecular flexibility index (Phi) is 10.1. The topological polar surface area (TPSA) is 71.5 Å². The molecule has 38 heavy (non-hydrogen) atoms. The molecule has 2 heterocycles. The fraction of sp³-hybridized carbons (Fsp3) is 0.567. The maximum Gasteiger partial charge on any atom is 0.305 e. The highest BCUT2D eigenvalue weighted by Crippen LogP contribution is 2.35. The Morgan fingerprint density at radius 3 is 2.50 bits per heavy atom. The molecule has 2 aliphatic heterocycles. The van der Waals surface area contributed by atoms with Crippen molar-refractivity contribution in [2.24, 2.45) is 5.92 Å². The molecule has 0 amide bonds. The van der Waals surface area contributed by atoms with Crippen LogP contribution in [0.5, 0.6) is 11.5 Å². The second kappa shape index (κ2) is 13.7. The van der Waals surface area contributed by atoms with Crippen LogP contribution in [0, 0.1) is 11.7 Å². The molecule has 0 aromatic heterocycles. The molecule has 4 rings (SSSR count). The van der Waals surface area contributed by atoms with Gasteiger partial charge in [0.2, 0.25) is 0 Å². The number of carboxylic acid groups (broad SMARTS) is 1. The molecule has 2 aromatic carbocycles. The van der Waals surface area contributed by atoms with E-state index in [-0.39, 0.29) is 24.4 Å². The van der Waals surface area contributed by atoms with Crippen molar-refractivity contribution in [1.82, 2.24) is 0 Å². The fourth-order valence-corrected chi connectivity index (χ4v) is 5.73. The van der Waals surface area contributed by atoms with Crippen LogP contribution in [0.1, 0.15) is 51.9 Å². The van der Waals surface area contributed by atoms with Gasteiger partial charge in [0.15, 0.2) is 0 Å². The summed E-state index contributed by atoms with van der Waals surface area (Å²) in [6, 6.07) is 13.0. The third-order valence-corrected chi connectivity index (χ3v) is 7.60. The van der Waals surface area contributed by atoms with E-state index in [0.29, 0.717) is 37.1 Å². The minimum atomic E-state index is -0.754. The first-order valence-corrected chi connectivity index (χ1v) is 13.9. The van der Waals surface area contributed by atoms with Crippen molar-refractivity contribution in [1.29, 1.82) is 0 Å². The molecule has 0 radical (unpaired) electrons. The van der Waals surface area contributed by atoms with Crippen molar-refractivity contribution < 1.29 is 28.5 Å². The van der Waals surface area contributed by atoms with Gasteiger partial charge in [0.05, 0.1) is 18.7 Å². The van der Waals surface area contributed by atoms with Crippen molar-refractivity contribution in [2.45, 2.75) is 64.0 Å². The second-order valence-corrected chi connectivity index (χ2v) is 10.3. The Morgan fingerprint density at radius 2 is 1.82 bits per heavy atom. The summed E-state index contributed by atoms with van der Waals surface area (Å²) in [6.45, 7) is 5.54. The molecule has 0 saturated carbocycles. The summed E-state index contributed by atoms with van der Waals surface area (Å²) >= 11 is 0. The van der Waals surface area contributed by atoms with Gasteiger partial charge in [0, 0.05) is 64.0 Å². The Morgan fingerprint density at radius 1 is 1.08 bits per heavy atom. The largest absolute Gasteiger partial charge is 0.494 e. The number of piperidine rings is 1. The van der Waals surface area contributed by atoms with Crippen molar-refractivity contribution in [3.05, 3.63) is 48.3 Å². The highest BCUT2D eigenvalue weighted by molar-refractivity contribution is 5.69. The number of ether oxygens (including phenoxy) is 3. The lowest BCUT2D eigenvalue weighted by Crippen LogP contribution is -2.38. The van der Waals surface area contributed by atoms with E-state index in [1.807, 2.05) is 31.2 Å². The number of hydrogen-bond donors (Lipinski definition) is 1. The maximum atomic E-state index is 14.4. The molecule has 7 nitrogen and oxygen atoms in total. The van der Waals surface area contributed by atoms with Crippen molar-refractivity contribution >= 4 is 17.3 Å². The first kappa shape index (κ1) is 28.0. The van der Waals surface area contributed by atoms with E-state index in [9.17, 15) is 14.3 Å². The summed E-state index contributed by atoms with van der Waals surface area (Å²) in [5, 5.41) is 9.45. The Balaban J connectivity index is 1.31. The smallest absolute Gasteiger partial charge is 0.305 e. The van der Waals surface area contributed by atoms with Gasteiger partial charge in [0.1, 0.15) is 23.4 Å². The van der Waals surface area contributed by atoms with Gasteiger partial charge in [-0.05, 0) is 68.5 Å². The van der Waals surface area contributed by atoms with Gasteiger partial charge in [-0.25, -0.2) is 4.39 Å². The molecule has 0 bridgehead atoms. The Hall–Kier alpha value is -3.00. The van der Waals surface area contributed by atoms with E-state index in [1.165, 1.54) is 6.07 Å². The third kappa shape index (κ3) is 7.53. The monoisotopic (exact) mass is 528 g/mol. The molecule has 1 unspecified atom stereocenters. The normalized spacial score (nSPS) is 20.1. The highest BCUT2D eigenvalue weighted by Gasteiger charge is 2.33. The molecule has 2 atom stereocenters. The predicted molar refractivity (Wildman–Crippen MR) is 147 cm³/mol. The highest BCUT2D eigenvalue weighted by atomic mass is 19.1. The van der Waals surface area contributed by atoms with E-state index in [2.05, 4.69) is 9.80 Å². The van der Waals surface area contributed by atoms with E-state index in [1.54, 1.807) is 19.2 Å². The quantitative estimate of drug-likeness (QED) is 0.332. The summed E-state index contributed by atoms with van der Waals surface area (Å²) < 4.78 is 31.4. The molecule has 0 aliphatic carbocycles. The van der Waals surface area contributed by atoms with Crippen LogP contribution in [0.4, 0.5) is 15.8 Å².